The topological polar surface area (TPSA) is 102 Å². The van der Waals surface area contributed by atoms with Gasteiger partial charge in [-0.25, -0.2) is 9.67 Å². The van der Waals surface area contributed by atoms with Crippen molar-refractivity contribution in [2.45, 2.75) is 19.9 Å². The number of fused-ring (bicyclic) bond motifs is 2. The second-order valence-corrected chi connectivity index (χ2v) is 8.33. The summed E-state index contributed by atoms with van der Waals surface area (Å²) in [4.78, 5) is 30.0. The number of carbonyl (C=O) groups excluding carboxylic acids is 1. The molecule has 0 N–H and O–H groups in total. The third kappa shape index (κ3) is 3.59. The van der Waals surface area contributed by atoms with E-state index in [2.05, 4.69) is 16.2 Å². The lowest BCUT2D eigenvalue weighted by atomic mass is 10.1. The van der Waals surface area contributed by atoms with Crippen molar-refractivity contribution in [3.63, 3.8) is 0 Å². The Morgan fingerprint density at radius 3 is 2.94 bits per heavy atom. The van der Waals surface area contributed by atoms with Crippen LogP contribution in [0.15, 0.2) is 63.1 Å². The van der Waals surface area contributed by atoms with Crippen LogP contribution in [0, 0.1) is 18.3 Å². The van der Waals surface area contributed by atoms with E-state index in [9.17, 15) is 14.9 Å². The van der Waals surface area contributed by atoms with Gasteiger partial charge < -0.3 is 4.42 Å². The van der Waals surface area contributed by atoms with Crippen molar-refractivity contribution in [2.75, 3.05) is 0 Å². The molecule has 7 nitrogen and oxygen atoms in total. The number of hydrogen-bond acceptors (Lipinski definition) is 7. The minimum absolute atomic E-state index is 0.144. The van der Waals surface area contributed by atoms with Crippen molar-refractivity contribution >= 4 is 38.3 Å². The zero-order valence-corrected chi connectivity index (χ0v) is 17.8. The van der Waals surface area contributed by atoms with Crippen LogP contribution in [0.5, 0.6) is 0 Å². The molecule has 8 heteroatoms. The number of benzene rings is 2. The Hall–Kier alpha value is -4.09. The number of Topliss-reactive ketones (excluding diaryl/α,β-unsaturated/α-hetero) is 1. The number of aryl methyl sites for hydroxylation is 1. The summed E-state index contributed by atoms with van der Waals surface area (Å²) in [5, 5.41) is 16.1. The van der Waals surface area contributed by atoms with E-state index in [0.717, 1.165) is 21.3 Å². The molecule has 0 spiro atoms. The van der Waals surface area contributed by atoms with Gasteiger partial charge in [-0.05, 0) is 41.3 Å². The van der Waals surface area contributed by atoms with E-state index >= 15 is 0 Å². The number of ketones is 1. The maximum absolute atomic E-state index is 12.9. The van der Waals surface area contributed by atoms with Gasteiger partial charge in [-0.1, -0.05) is 18.2 Å². The highest BCUT2D eigenvalue weighted by molar-refractivity contribution is 7.17. The zero-order chi connectivity index (χ0) is 22.2. The SMILES string of the molecule is Cc1nc2ccc(CC(=O)Cn3nc(-c4cccc(C#N)c4)c4sccc4c3=O)cc2o1. The Bertz CT molecular complexity index is 1600. The van der Waals surface area contributed by atoms with Gasteiger partial charge in [0, 0.05) is 18.9 Å². The monoisotopic (exact) mass is 440 g/mol. The summed E-state index contributed by atoms with van der Waals surface area (Å²) >= 11 is 1.41. The van der Waals surface area contributed by atoms with E-state index in [0.29, 0.717) is 28.1 Å². The first kappa shape index (κ1) is 19.8. The molecule has 0 saturated heterocycles. The van der Waals surface area contributed by atoms with Gasteiger partial charge in [0.2, 0.25) is 0 Å². The van der Waals surface area contributed by atoms with E-state index < -0.39 is 0 Å². The molecule has 3 aromatic heterocycles. The maximum atomic E-state index is 12.9. The standard InChI is InChI=1S/C24H16N4O3S/c1-14-26-20-6-5-15(11-21(20)31-14)10-18(29)13-28-24(30)19-7-8-32-23(19)22(27-28)17-4-2-3-16(9-17)12-25/h2-9,11H,10,13H2,1H3. The average molecular weight is 440 g/mol. The van der Waals surface area contributed by atoms with Crippen molar-refractivity contribution < 1.29 is 9.21 Å². The molecule has 5 rings (SSSR count). The molecule has 0 fully saturated rings. The highest BCUT2D eigenvalue weighted by atomic mass is 32.1. The van der Waals surface area contributed by atoms with Crippen LogP contribution in [-0.4, -0.2) is 20.5 Å². The number of rotatable bonds is 5. The minimum atomic E-state index is -0.309. The second-order valence-electron chi connectivity index (χ2n) is 7.42. The summed E-state index contributed by atoms with van der Waals surface area (Å²) in [6, 6.07) is 16.4. The van der Waals surface area contributed by atoms with E-state index in [1.807, 2.05) is 23.6 Å². The Balaban J connectivity index is 1.49. The molecular weight excluding hydrogens is 424 g/mol. The number of nitriles is 1. The third-order valence-corrected chi connectivity index (χ3v) is 6.04. The van der Waals surface area contributed by atoms with E-state index in [1.54, 1.807) is 37.3 Å². The molecule has 0 unspecified atom stereocenters. The number of aromatic nitrogens is 3. The van der Waals surface area contributed by atoms with E-state index in [1.165, 1.54) is 16.0 Å². The summed E-state index contributed by atoms with van der Waals surface area (Å²) in [5.74, 6) is 0.415. The molecule has 2 aromatic carbocycles. The van der Waals surface area contributed by atoms with Crippen LogP contribution in [0.2, 0.25) is 0 Å². The normalized spacial score (nSPS) is 11.1. The molecule has 0 saturated carbocycles. The van der Waals surface area contributed by atoms with E-state index in [4.69, 9.17) is 4.42 Å². The highest BCUT2D eigenvalue weighted by Gasteiger charge is 2.16. The molecule has 156 valence electrons. The fourth-order valence-electron chi connectivity index (χ4n) is 3.69. The Morgan fingerprint density at radius 2 is 2.09 bits per heavy atom. The summed E-state index contributed by atoms with van der Waals surface area (Å²) in [7, 11) is 0. The smallest absolute Gasteiger partial charge is 0.275 e. The summed E-state index contributed by atoms with van der Waals surface area (Å²) in [6.45, 7) is 1.62. The van der Waals surface area contributed by atoms with Crippen molar-refractivity contribution in [2.24, 2.45) is 0 Å². The Kier molecular flexibility index (Phi) is 4.88. The lowest BCUT2D eigenvalue weighted by Gasteiger charge is -2.09. The molecule has 0 aliphatic rings. The van der Waals surface area contributed by atoms with Crippen LogP contribution in [-0.2, 0) is 17.8 Å². The molecule has 32 heavy (non-hydrogen) atoms. The third-order valence-electron chi connectivity index (χ3n) is 5.12. The van der Waals surface area contributed by atoms with Crippen molar-refractivity contribution in [1.29, 1.82) is 5.26 Å². The molecule has 3 heterocycles. The Morgan fingerprint density at radius 1 is 1.22 bits per heavy atom. The van der Waals surface area contributed by atoms with Crippen molar-refractivity contribution in [3.8, 4) is 17.3 Å². The number of nitrogens with zero attached hydrogens (tertiary/aromatic N) is 4. The highest BCUT2D eigenvalue weighted by Crippen LogP contribution is 2.29. The van der Waals surface area contributed by atoms with Gasteiger partial charge in [-0.2, -0.15) is 10.4 Å². The van der Waals surface area contributed by atoms with Gasteiger partial charge in [-0.15, -0.1) is 11.3 Å². The molecule has 5 aromatic rings. The van der Waals surface area contributed by atoms with Crippen molar-refractivity contribution in [1.82, 2.24) is 14.8 Å². The largest absolute Gasteiger partial charge is 0.441 e. The van der Waals surface area contributed by atoms with Crippen molar-refractivity contribution in [3.05, 3.63) is 81.3 Å². The lowest BCUT2D eigenvalue weighted by Crippen LogP contribution is -2.27. The van der Waals surface area contributed by atoms with Crippen LogP contribution >= 0.6 is 11.3 Å². The molecule has 0 amide bonds. The lowest BCUT2D eigenvalue weighted by molar-refractivity contribution is -0.119. The quantitative estimate of drug-likeness (QED) is 0.405. The number of carbonyl (C=O) groups is 1. The van der Waals surface area contributed by atoms with Crippen LogP contribution in [0.3, 0.4) is 0 Å². The van der Waals surface area contributed by atoms with Gasteiger partial charge >= 0.3 is 0 Å². The number of thiophene rings is 1. The maximum Gasteiger partial charge on any atom is 0.275 e. The van der Waals surface area contributed by atoms with Crippen LogP contribution < -0.4 is 5.56 Å². The fourth-order valence-corrected chi connectivity index (χ4v) is 4.58. The molecular formula is C24H16N4O3S. The fraction of sp³-hybridized carbons (Fsp3) is 0.125. The van der Waals surface area contributed by atoms with Gasteiger partial charge in [0.25, 0.3) is 5.56 Å². The summed E-state index contributed by atoms with van der Waals surface area (Å²) in [5.41, 5.74) is 3.65. The molecule has 0 bridgehead atoms. The second kappa shape index (κ2) is 7.87. The summed E-state index contributed by atoms with van der Waals surface area (Å²) in [6.07, 6.45) is 0.144. The number of oxazole rings is 1. The van der Waals surface area contributed by atoms with Crippen LogP contribution in [0.25, 0.3) is 32.4 Å². The Labute approximate surface area is 186 Å². The van der Waals surface area contributed by atoms with Crippen LogP contribution in [0.4, 0.5) is 0 Å². The minimum Gasteiger partial charge on any atom is -0.441 e. The summed E-state index contributed by atoms with van der Waals surface area (Å²) < 4.78 is 7.49. The molecule has 0 aliphatic carbocycles. The molecule has 0 radical (unpaired) electrons. The van der Waals surface area contributed by atoms with Crippen LogP contribution in [0.1, 0.15) is 17.0 Å². The van der Waals surface area contributed by atoms with Gasteiger partial charge in [-0.3, -0.25) is 9.59 Å². The first-order valence-corrected chi connectivity index (χ1v) is 10.8. The van der Waals surface area contributed by atoms with Gasteiger partial charge in [0.1, 0.15) is 17.8 Å². The predicted octanol–water partition coefficient (Wildman–Crippen LogP) is 4.26. The zero-order valence-electron chi connectivity index (χ0n) is 17.0. The van der Waals surface area contributed by atoms with E-state index in [-0.39, 0.29) is 24.3 Å². The van der Waals surface area contributed by atoms with Gasteiger partial charge in [0.05, 0.1) is 21.7 Å². The average Bonchev–Trinajstić information content (AvgIpc) is 3.41. The predicted molar refractivity (Wildman–Crippen MR) is 121 cm³/mol. The molecule has 0 aliphatic heterocycles. The molecule has 0 atom stereocenters. The van der Waals surface area contributed by atoms with Gasteiger partial charge in [0.15, 0.2) is 17.3 Å². The number of hydrogen-bond donors (Lipinski definition) is 0. The first-order valence-electron chi connectivity index (χ1n) is 9.88. The first-order chi connectivity index (χ1) is 15.5.